The summed E-state index contributed by atoms with van der Waals surface area (Å²) >= 11 is 0. The monoisotopic (exact) mass is 154 g/mol. The molecule has 2 fully saturated rings. The molecule has 0 radical (unpaired) electrons. The van der Waals surface area contributed by atoms with Crippen LogP contribution >= 0.6 is 0 Å². The van der Waals surface area contributed by atoms with E-state index in [1.807, 2.05) is 0 Å². The molecule has 3 nitrogen and oxygen atoms in total. The summed E-state index contributed by atoms with van der Waals surface area (Å²) in [6, 6.07) is 0.206. The molecule has 0 spiro atoms. The predicted molar refractivity (Wildman–Crippen MR) is 42.2 cm³/mol. The summed E-state index contributed by atoms with van der Waals surface area (Å²) in [5, 5.41) is 2.90. The molecule has 11 heavy (non-hydrogen) atoms. The molecule has 2 rings (SSSR count). The van der Waals surface area contributed by atoms with E-state index in [0.29, 0.717) is 0 Å². The van der Waals surface area contributed by atoms with Gasteiger partial charge in [-0.05, 0) is 19.3 Å². The van der Waals surface area contributed by atoms with E-state index in [-0.39, 0.29) is 11.9 Å². The highest BCUT2D eigenvalue weighted by molar-refractivity contribution is 5.82. The van der Waals surface area contributed by atoms with Crippen LogP contribution < -0.4 is 5.32 Å². The Labute approximate surface area is 66.8 Å². The molecule has 0 aliphatic carbocycles. The molecule has 2 aliphatic heterocycles. The van der Waals surface area contributed by atoms with Gasteiger partial charge in [0.2, 0.25) is 5.91 Å². The average Bonchev–Trinajstić information content (AvgIpc) is 1.90. The van der Waals surface area contributed by atoms with E-state index in [9.17, 15) is 4.79 Å². The van der Waals surface area contributed by atoms with E-state index in [0.717, 1.165) is 32.5 Å². The number of nitrogens with zero attached hydrogens (tertiary/aromatic N) is 1. The lowest BCUT2D eigenvalue weighted by Crippen LogP contribution is -2.55. The lowest BCUT2D eigenvalue weighted by atomic mass is 10.0. The van der Waals surface area contributed by atoms with Crippen molar-refractivity contribution in [3.63, 3.8) is 0 Å². The number of nitrogens with one attached hydrogen (secondary N) is 1. The van der Waals surface area contributed by atoms with E-state index in [2.05, 4.69) is 10.2 Å². The maximum atomic E-state index is 11.3. The normalized spacial score (nSPS) is 32.7. The minimum Gasteiger partial charge on any atom is -0.355 e. The number of carbonyl (C=O) groups excluding carboxylic acids is 1. The van der Waals surface area contributed by atoms with Crippen LogP contribution in [-0.4, -0.2) is 36.5 Å². The van der Waals surface area contributed by atoms with Crippen LogP contribution in [0.15, 0.2) is 0 Å². The Morgan fingerprint density at radius 2 is 2.18 bits per heavy atom. The predicted octanol–water partition coefficient (Wildman–Crippen LogP) is -0.0293. The minimum atomic E-state index is 0.206. The van der Waals surface area contributed by atoms with Crippen molar-refractivity contribution in [1.29, 1.82) is 0 Å². The fraction of sp³-hybridized carbons (Fsp3) is 0.875. The maximum Gasteiger partial charge on any atom is 0.237 e. The number of amides is 1. The fourth-order valence-electron chi connectivity index (χ4n) is 1.76. The van der Waals surface area contributed by atoms with Crippen molar-refractivity contribution in [3.8, 4) is 0 Å². The zero-order valence-electron chi connectivity index (χ0n) is 6.68. The van der Waals surface area contributed by atoms with Gasteiger partial charge in [-0.15, -0.1) is 0 Å². The van der Waals surface area contributed by atoms with Crippen LogP contribution in [0.4, 0.5) is 0 Å². The van der Waals surface area contributed by atoms with Crippen LogP contribution in [0.1, 0.15) is 19.3 Å². The molecule has 0 aromatic carbocycles. The molecule has 1 unspecified atom stereocenters. The minimum absolute atomic E-state index is 0.206. The summed E-state index contributed by atoms with van der Waals surface area (Å²) in [5.74, 6) is 0.246. The van der Waals surface area contributed by atoms with Crippen molar-refractivity contribution in [1.82, 2.24) is 10.2 Å². The Bertz CT molecular complexity index is 165. The molecule has 1 atom stereocenters. The number of piperidine rings is 1. The number of hydrogen-bond donors (Lipinski definition) is 1. The number of carbonyl (C=O) groups is 1. The Morgan fingerprint density at radius 1 is 1.36 bits per heavy atom. The van der Waals surface area contributed by atoms with Gasteiger partial charge in [-0.3, -0.25) is 9.69 Å². The highest BCUT2D eigenvalue weighted by atomic mass is 16.2. The summed E-state index contributed by atoms with van der Waals surface area (Å²) < 4.78 is 0. The second-order valence-electron chi connectivity index (χ2n) is 3.34. The van der Waals surface area contributed by atoms with Crippen molar-refractivity contribution in [2.24, 2.45) is 0 Å². The Hall–Kier alpha value is -0.570. The molecule has 3 heteroatoms. The highest BCUT2D eigenvalue weighted by Crippen LogP contribution is 2.17. The van der Waals surface area contributed by atoms with Gasteiger partial charge < -0.3 is 5.32 Å². The third-order valence-electron chi connectivity index (χ3n) is 2.59. The van der Waals surface area contributed by atoms with E-state index in [1.54, 1.807) is 0 Å². The second kappa shape index (κ2) is 2.81. The third kappa shape index (κ3) is 1.25. The first-order chi connectivity index (χ1) is 5.38. The molecule has 62 valence electrons. The fourth-order valence-corrected chi connectivity index (χ4v) is 1.76. The Balaban J connectivity index is 1.93. The number of rotatable bonds is 1. The summed E-state index contributed by atoms with van der Waals surface area (Å²) in [6.45, 7) is 3.12. The van der Waals surface area contributed by atoms with E-state index in [1.165, 1.54) is 6.42 Å². The van der Waals surface area contributed by atoms with Gasteiger partial charge in [0.1, 0.15) is 0 Å². The molecular weight excluding hydrogens is 140 g/mol. The highest BCUT2D eigenvalue weighted by Gasteiger charge is 2.31. The van der Waals surface area contributed by atoms with Crippen LogP contribution in [0.5, 0.6) is 0 Å². The molecular formula is C8H14N2O. The first-order valence-electron chi connectivity index (χ1n) is 4.40. The third-order valence-corrected chi connectivity index (χ3v) is 2.59. The lowest BCUT2D eigenvalue weighted by Gasteiger charge is -2.39. The van der Waals surface area contributed by atoms with Crippen molar-refractivity contribution in [3.05, 3.63) is 0 Å². The van der Waals surface area contributed by atoms with Gasteiger partial charge in [0.15, 0.2) is 0 Å². The molecule has 0 saturated carbocycles. The van der Waals surface area contributed by atoms with Crippen LogP contribution in [0.2, 0.25) is 0 Å². The molecule has 0 bridgehead atoms. The topological polar surface area (TPSA) is 32.3 Å². The van der Waals surface area contributed by atoms with Crippen LogP contribution in [0.25, 0.3) is 0 Å². The average molecular weight is 154 g/mol. The van der Waals surface area contributed by atoms with Crippen LogP contribution in [0.3, 0.4) is 0 Å². The van der Waals surface area contributed by atoms with Gasteiger partial charge in [-0.25, -0.2) is 0 Å². The number of likely N-dealkylation sites (tertiary alicyclic amines) is 1. The van der Waals surface area contributed by atoms with Crippen LogP contribution in [-0.2, 0) is 4.79 Å². The molecule has 1 amide bonds. The van der Waals surface area contributed by atoms with Gasteiger partial charge >= 0.3 is 0 Å². The molecule has 0 aromatic rings. The van der Waals surface area contributed by atoms with Gasteiger partial charge in [-0.2, -0.15) is 0 Å². The first-order valence-corrected chi connectivity index (χ1v) is 4.40. The maximum absolute atomic E-state index is 11.3. The molecule has 2 aliphatic rings. The second-order valence-corrected chi connectivity index (χ2v) is 3.34. The van der Waals surface area contributed by atoms with Gasteiger partial charge in [0.25, 0.3) is 0 Å². The first kappa shape index (κ1) is 7.10. The summed E-state index contributed by atoms with van der Waals surface area (Å²) in [7, 11) is 0. The summed E-state index contributed by atoms with van der Waals surface area (Å²) in [4.78, 5) is 13.5. The van der Waals surface area contributed by atoms with Crippen molar-refractivity contribution in [2.45, 2.75) is 25.3 Å². The van der Waals surface area contributed by atoms with Gasteiger partial charge in [0.05, 0.1) is 6.04 Å². The Kier molecular flexibility index (Phi) is 1.82. The van der Waals surface area contributed by atoms with Gasteiger partial charge in [-0.1, -0.05) is 0 Å². The van der Waals surface area contributed by atoms with Crippen molar-refractivity contribution < 1.29 is 4.79 Å². The smallest absolute Gasteiger partial charge is 0.237 e. The largest absolute Gasteiger partial charge is 0.355 e. The molecule has 2 heterocycles. The van der Waals surface area contributed by atoms with Crippen molar-refractivity contribution in [2.75, 3.05) is 19.6 Å². The zero-order chi connectivity index (χ0) is 7.68. The van der Waals surface area contributed by atoms with Crippen LogP contribution in [0, 0.1) is 0 Å². The van der Waals surface area contributed by atoms with E-state index < -0.39 is 0 Å². The van der Waals surface area contributed by atoms with Gasteiger partial charge in [0, 0.05) is 19.6 Å². The van der Waals surface area contributed by atoms with E-state index in [4.69, 9.17) is 0 Å². The Morgan fingerprint density at radius 3 is 2.73 bits per heavy atom. The summed E-state index contributed by atoms with van der Waals surface area (Å²) in [5.41, 5.74) is 0. The molecule has 2 saturated heterocycles. The molecule has 0 aromatic heterocycles. The summed E-state index contributed by atoms with van der Waals surface area (Å²) in [6.07, 6.45) is 3.47. The number of hydrogen-bond acceptors (Lipinski definition) is 2. The lowest BCUT2D eigenvalue weighted by molar-refractivity contribution is -0.129. The zero-order valence-corrected chi connectivity index (χ0v) is 6.68. The van der Waals surface area contributed by atoms with Crippen molar-refractivity contribution >= 4 is 5.91 Å². The molecule has 1 N–H and O–H groups in total. The quantitative estimate of drug-likeness (QED) is 0.575. The van der Waals surface area contributed by atoms with E-state index >= 15 is 0 Å². The SMILES string of the molecule is O=C1NCCCC1N1CCC1. The standard InChI is InChI=1S/C8H14N2O/c11-8-7(3-1-4-9-8)10-5-2-6-10/h7H,1-6H2,(H,9,11).